The smallest absolute Gasteiger partial charge is 0.409 e. The Morgan fingerprint density at radius 3 is 2.52 bits per heavy atom. The van der Waals surface area contributed by atoms with Crippen LogP contribution in [0.4, 0.5) is 10.5 Å². The minimum absolute atomic E-state index is 0.0151. The molecule has 1 aliphatic heterocycles. The number of ether oxygens (including phenoxy) is 1. The van der Waals surface area contributed by atoms with Gasteiger partial charge in [0.2, 0.25) is 11.8 Å². The SMILES string of the molecule is CCOC(=O)N1CCC(N(CCC(=O)Nc2ccccc2Cl)C(C)=O)CC1. The highest BCUT2D eigenvalue weighted by Gasteiger charge is 2.29. The first-order valence-electron chi connectivity index (χ1n) is 9.15. The van der Waals surface area contributed by atoms with Crippen molar-refractivity contribution in [3.05, 3.63) is 29.3 Å². The number of carbonyl (C=O) groups is 3. The number of carbonyl (C=O) groups excluding carboxylic acids is 3. The number of hydrogen-bond donors (Lipinski definition) is 1. The lowest BCUT2D eigenvalue weighted by Crippen LogP contribution is -2.49. The maximum atomic E-state index is 12.2. The number of rotatable bonds is 6. The fourth-order valence-corrected chi connectivity index (χ4v) is 3.35. The molecule has 0 spiro atoms. The Morgan fingerprint density at radius 2 is 1.93 bits per heavy atom. The average Bonchev–Trinajstić information content (AvgIpc) is 2.64. The van der Waals surface area contributed by atoms with E-state index in [1.54, 1.807) is 41.0 Å². The summed E-state index contributed by atoms with van der Waals surface area (Å²) in [4.78, 5) is 39.4. The first-order chi connectivity index (χ1) is 12.9. The molecule has 0 radical (unpaired) electrons. The number of para-hydroxylation sites is 1. The fourth-order valence-electron chi connectivity index (χ4n) is 3.17. The number of nitrogens with one attached hydrogen (secondary N) is 1. The van der Waals surface area contributed by atoms with E-state index in [0.717, 1.165) is 0 Å². The van der Waals surface area contributed by atoms with E-state index in [0.29, 0.717) is 49.8 Å². The van der Waals surface area contributed by atoms with Gasteiger partial charge < -0.3 is 19.9 Å². The van der Waals surface area contributed by atoms with E-state index < -0.39 is 0 Å². The van der Waals surface area contributed by atoms with Gasteiger partial charge in [0, 0.05) is 39.0 Å². The van der Waals surface area contributed by atoms with Gasteiger partial charge in [-0.3, -0.25) is 9.59 Å². The van der Waals surface area contributed by atoms with Crippen molar-refractivity contribution in [2.45, 2.75) is 39.2 Å². The standard InChI is InChI=1S/C19H26ClN3O4/c1-3-27-19(26)22-11-8-15(9-12-22)23(14(2)24)13-10-18(25)21-17-7-5-4-6-16(17)20/h4-7,15H,3,8-13H2,1-2H3,(H,21,25). The van der Waals surface area contributed by atoms with E-state index in [-0.39, 0.29) is 30.4 Å². The maximum Gasteiger partial charge on any atom is 0.409 e. The molecule has 8 heteroatoms. The Hall–Kier alpha value is -2.28. The first-order valence-corrected chi connectivity index (χ1v) is 9.53. The number of halogens is 1. The summed E-state index contributed by atoms with van der Waals surface area (Å²) in [6.45, 7) is 5.03. The molecular formula is C19H26ClN3O4. The maximum absolute atomic E-state index is 12.2. The Morgan fingerprint density at radius 1 is 1.26 bits per heavy atom. The molecule has 2 rings (SSSR count). The Labute approximate surface area is 164 Å². The van der Waals surface area contributed by atoms with E-state index in [2.05, 4.69) is 5.32 Å². The first kappa shape index (κ1) is 21.0. The lowest BCUT2D eigenvalue weighted by Gasteiger charge is -2.37. The molecule has 0 saturated carbocycles. The van der Waals surface area contributed by atoms with Crippen LogP contribution in [0.25, 0.3) is 0 Å². The van der Waals surface area contributed by atoms with Crippen LogP contribution in [0, 0.1) is 0 Å². The van der Waals surface area contributed by atoms with Crippen LogP contribution in [-0.4, -0.2) is 60.0 Å². The number of nitrogens with zero attached hydrogens (tertiary/aromatic N) is 2. The molecule has 1 fully saturated rings. The van der Waals surface area contributed by atoms with Crippen molar-refractivity contribution in [2.24, 2.45) is 0 Å². The van der Waals surface area contributed by atoms with Crippen LogP contribution in [0.2, 0.25) is 5.02 Å². The molecule has 27 heavy (non-hydrogen) atoms. The second-order valence-corrected chi connectivity index (χ2v) is 6.81. The van der Waals surface area contributed by atoms with E-state index in [4.69, 9.17) is 16.3 Å². The van der Waals surface area contributed by atoms with E-state index in [9.17, 15) is 14.4 Å². The van der Waals surface area contributed by atoms with Gasteiger partial charge in [-0.1, -0.05) is 23.7 Å². The molecule has 148 valence electrons. The highest BCUT2D eigenvalue weighted by Crippen LogP contribution is 2.21. The van der Waals surface area contributed by atoms with Gasteiger partial charge in [-0.2, -0.15) is 0 Å². The van der Waals surface area contributed by atoms with Crippen molar-refractivity contribution in [3.63, 3.8) is 0 Å². The molecule has 3 amide bonds. The third-order valence-corrected chi connectivity index (χ3v) is 4.89. The predicted molar refractivity (Wildman–Crippen MR) is 104 cm³/mol. The van der Waals surface area contributed by atoms with Gasteiger partial charge in [0.1, 0.15) is 0 Å². The van der Waals surface area contributed by atoms with Crippen molar-refractivity contribution in [3.8, 4) is 0 Å². The number of benzene rings is 1. The molecule has 1 aromatic rings. The summed E-state index contributed by atoms with van der Waals surface area (Å²) in [5.41, 5.74) is 0.557. The summed E-state index contributed by atoms with van der Waals surface area (Å²) in [6, 6.07) is 7.03. The topological polar surface area (TPSA) is 79.0 Å². The molecule has 7 nitrogen and oxygen atoms in total. The van der Waals surface area contributed by atoms with Crippen molar-refractivity contribution in [2.75, 3.05) is 31.6 Å². The van der Waals surface area contributed by atoms with Crippen molar-refractivity contribution in [1.29, 1.82) is 0 Å². The second-order valence-electron chi connectivity index (χ2n) is 6.41. The number of hydrogen-bond acceptors (Lipinski definition) is 4. The zero-order chi connectivity index (χ0) is 19.8. The van der Waals surface area contributed by atoms with Crippen LogP contribution >= 0.6 is 11.6 Å². The van der Waals surface area contributed by atoms with Crippen LogP contribution in [-0.2, 0) is 14.3 Å². The monoisotopic (exact) mass is 395 g/mol. The predicted octanol–water partition coefficient (Wildman–Crippen LogP) is 3.14. The van der Waals surface area contributed by atoms with E-state index >= 15 is 0 Å². The minimum Gasteiger partial charge on any atom is -0.450 e. The van der Waals surface area contributed by atoms with E-state index in [1.807, 2.05) is 0 Å². The Kier molecular flexibility index (Phi) is 7.91. The highest BCUT2D eigenvalue weighted by atomic mass is 35.5. The van der Waals surface area contributed by atoms with Crippen molar-refractivity contribution >= 4 is 35.2 Å². The zero-order valence-corrected chi connectivity index (χ0v) is 16.5. The highest BCUT2D eigenvalue weighted by molar-refractivity contribution is 6.33. The van der Waals surface area contributed by atoms with Crippen molar-refractivity contribution < 1.29 is 19.1 Å². The Bertz CT molecular complexity index is 675. The summed E-state index contributed by atoms with van der Waals surface area (Å²) in [7, 11) is 0. The molecule has 1 N–H and O–H groups in total. The molecular weight excluding hydrogens is 370 g/mol. The summed E-state index contributed by atoms with van der Waals surface area (Å²) >= 11 is 6.04. The second kappa shape index (κ2) is 10.2. The molecule has 0 aromatic heterocycles. The minimum atomic E-state index is -0.315. The molecule has 0 bridgehead atoms. The zero-order valence-electron chi connectivity index (χ0n) is 15.7. The van der Waals surface area contributed by atoms with Crippen LogP contribution in [0.1, 0.15) is 33.1 Å². The third-order valence-electron chi connectivity index (χ3n) is 4.56. The molecule has 1 heterocycles. The van der Waals surface area contributed by atoms with Crippen LogP contribution in [0.15, 0.2) is 24.3 Å². The number of likely N-dealkylation sites (tertiary alicyclic amines) is 1. The normalized spacial score (nSPS) is 14.6. The molecule has 0 atom stereocenters. The van der Waals surface area contributed by atoms with Gasteiger partial charge in [0.05, 0.1) is 17.3 Å². The van der Waals surface area contributed by atoms with Gasteiger partial charge in [-0.15, -0.1) is 0 Å². The van der Waals surface area contributed by atoms with E-state index in [1.165, 1.54) is 6.92 Å². The summed E-state index contributed by atoms with van der Waals surface area (Å²) in [5, 5.41) is 3.24. The van der Waals surface area contributed by atoms with Crippen LogP contribution in [0.5, 0.6) is 0 Å². The Balaban J connectivity index is 1.85. The molecule has 1 aromatic carbocycles. The van der Waals surface area contributed by atoms with Gasteiger partial charge in [-0.05, 0) is 31.9 Å². The molecule has 1 aliphatic rings. The number of amides is 3. The number of anilines is 1. The van der Waals surface area contributed by atoms with Crippen LogP contribution < -0.4 is 5.32 Å². The fraction of sp³-hybridized carbons (Fsp3) is 0.526. The quantitative estimate of drug-likeness (QED) is 0.802. The molecule has 1 saturated heterocycles. The van der Waals surface area contributed by atoms with Crippen LogP contribution in [0.3, 0.4) is 0 Å². The largest absolute Gasteiger partial charge is 0.450 e. The van der Waals surface area contributed by atoms with Gasteiger partial charge in [-0.25, -0.2) is 4.79 Å². The molecule has 0 aliphatic carbocycles. The lowest BCUT2D eigenvalue weighted by molar-refractivity contribution is -0.132. The van der Waals surface area contributed by atoms with Gasteiger partial charge in [0.15, 0.2) is 0 Å². The molecule has 0 unspecified atom stereocenters. The third kappa shape index (κ3) is 6.13. The average molecular weight is 396 g/mol. The summed E-state index contributed by atoms with van der Waals surface area (Å²) in [6.07, 6.45) is 1.21. The van der Waals surface area contributed by atoms with Gasteiger partial charge in [0.25, 0.3) is 0 Å². The van der Waals surface area contributed by atoms with Crippen molar-refractivity contribution in [1.82, 2.24) is 9.80 Å². The van der Waals surface area contributed by atoms with Gasteiger partial charge >= 0.3 is 6.09 Å². The lowest BCUT2D eigenvalue weighted by atomic mass is 10.0. The summed E-state index contributed by atoms with van der Waals surface area (Å²) in [5.74, 6) is -0.270. The summed E-state index contributed by atoms with van der Waals surface area (Å²) < 4.78 is 5.01. The number of piperidine rings is 1.